The molecule has 0 radical (unpaired) electrons. The van der Waals surface area contributed by atoms with E-state index in [1.165, 1.54) is 0 Å². The number of ether oxygens (including phenoxy) is 1. The van der Waals surface area contributed by atoms with Gasteiger partial charge in [-0.1, -0.05) is 0 Å². The van der Waals surface area contributed by atoms with Crippen LogP contribution in [0.25, 0.3) is 0 Å². The first kappa shape index (κ1) is 17.7. The molecule has 0 saturated carbocycles. The maximum Gasteiger partial charge on any atom is 0.416 e. The van der Waals surface area contributed by atoms with E-state index in [-0.39, 0.29) is 12.4 Å². The highest BCUT2D eigenvalue weighted by molar-refractivity contribution is 5.85. The summed E-state index contributed by atoms with van der Waals surface area (Å²) in [7, 11) is 1.09. The van der Waals surface area contributed by atoms with Crippen molar-refractivity contribution in [3.05, 3.63) is 35.1 Å². The van der Waals surface area contributed by atoms with E-state index < -0.39 is 41.6 Å². The molecule has 19 heavy (non-hydrogen) atoms. The van der Waals surface area contributed by atoms with E-state index in [9.17, 15) is 22.4 Å². The van der Waals surface area contributed by atoms with E-state index in [4.69, 9.17) is 5.73 Å². The molecular weight excluding hydrogens is 290 g/mol. The first-order valence-electron chi connectivity index (χ1n) is 4.94. The smallest absolute Gasteiger partial charge is 0.416 e. The largest absolute Gasteiger partial charge is 0.469 e. The SMILES string of the molecule is COC(=O)C[C@H](N)c1cc(F)ccc1C(F)(F)F.Cl. The van der Waals surface area contributed by atoms with Gasteiger partial charge in [-0.3, -0.25) is 4.79 Å². The van der Waals surface area contributed by atoms with Crippen molar-refractivity contribution >= 4 is 18.4 Å². The summed E-state index contributed by atoms with van der Waals surface area (Å²) in [6.45, 7) is 0. The number of halogens is 5. The summed E-state index contributed by atoms with van der Waals surface area (Å²) >= 11 is 0. The van der Waals surface area contributed by atoms with Gasteiger partial charge in [-0.25, -0.2) is 4.39 Å². The summed E-state index contributed by atoms with van der Waals surface area (Å²) < 4.78 is 55.3. The van der Waals surface area contributed by atoms with Crippen LogP contribution in [-0.2, 0) is 15.7 Å². The second kappa shape index (κ2) is 6.72. The Kier molecular flexibility index (Phi) is 6.24. The molecule has 0 amide bonds. The predicted octanol–water partition coefficient (Wildman–Crippen LogP) is 2.83. The number of methoxy groups -OCH3 is 1. The minimum Gasteiger partial charge on any atom is -0.469 e. The summed E-state index contributed by atoms with van der Waals surface area (Å²) in [4.78, 5) is 11.0. The van der Waals surface area contributed by atoms with E-state index in [0.717, 1.165) is 7.11 Å². The molecule has 1 rings (SSSR count). The fourth-order valence-electron chi connectivity index (χ4n) is 1.47. The molecule has 0 aliphatic carbocycles. The van der Waals surface area contributed by atoms with Crippen molar-refractivity contribution < 1.29 is 27.1 Å². The lowest BCUT2D eigenvalue weighted by molar-refractivity contribution is -0.142. The van der Waals surface area contributed by atoms with Gasteiger partial charge in [0.2, 0.25) is 0 Å². The summed E-state index contributed by atoms with van der Waals surface area (Å²) in [5.41, 5.74) is 3.95. The van der Waals surface area contributed by atoms with Crippen molar-refractivity contribution in [1.29, 1.82) is 0 Å². The molecule has 1 atom stereocenters. The van der Waals surface area contributed by atoms with Crippen LogP contribution < -0.4 is 5.73 Å². The average Bonchev–Trinajstić information content (AvgIpc) is 2.26. The molecule has 0 heterocycles. The molecule has 0 saturated heterocycles. The van der Waals surface area contributed by atoms with Gasteiger partial charge >= 0.3 is 12.1 Å². The Morgan fingerprint density at radius 3 is 2.47 bits per heavy atom. The zero-order chi connectivity index (χ0) is 13.9. The van der Waals surface area contributed by atoms with Gasteiger partial charge < -0.3 is 10.5 Å². The third kappa shape index (κ3) is 4.68. The molecule has 1 aromatic rings. The quantitative estimate of drug-likeness (QED) is 0.690. The van der Waals surface area contributed by atoms with Gasteiger partial charge in [-0.15, -0.1) is 12.4 Å². The molecule has 0 fully saturated rings. The molecule has 2 N–H and O–H groups in total. The summed E-state index contributed by atoms with van der Waals surface area (Å²) in [5, 5.41) is 0. The van der Waals surface area contributed by atoms with Crippen molar-refractivity contribution in [2.75, 3.05) is 7.11 Å². The highest BCUT2D eigenvalue weighted by atomic mass is 35.5. The lowest BCUT2D eigenvalue weighted by atomic mass is 9.98. The Hall–Kier alpha value is -1.34. The van der Waals surface area contributed by atoms with Crippen LogP contribution in [0.1, 0.15) is 23.6 Å². The van der Waals surface area contributed by atoms with E-state index in [2.05, 4.69) is 4.74 Å². The Balaban J connectivity index is 0.00000324. The van der Waals surface area contributed by atoms with Crippen LogP contribution in [0.4, 0.5) is 17.6 Å². The Labute approximate surface area is 113 Å². The number of esters is 1. The second-order valence-electron chi connectivity index (χ2n) is 3.62. The minimum atomic E-state index is -4.66. The van der Waals surface area contributed by atoms with Crippen LogP contribution in [0.15, 0.2) is 18.2 Å². The Morgan fingerprint density at radius 2 is 2.00 bits per heavy atom. The van der Waals surface area contributed by atoms with Gasteiger partial charge in [-0.05, 0) is 23.8 Å². The average molecular weight is 302 g/mol. The van der Waals surface area contributed by atoms with E-state index in [0.29, 0.717) is 18.2 Å². The lowest BCUT2D eigenvalue weighted by Crippen LogP contribution is -2.21. The molecule has 0 aliphatic rings. The number of rotatable bonds is 3. The van der Waals surface area contributed by atoms with Gasteiger partial charge in [-0.2, -0.15) is 13.2 Å². The van der Waals surface area contributed by atoms with Crippen LogP contribution in [-0.4, -0.2) is 13.1 Å². The second-order valence-corrected chi connectivity index (χ2v) is 3.62. The Bertz CT molecular complexity index is 451. The van der Waals surface area contributed by atoms with Gasteiger partial charge in [0.15, 0.2) is 0 Å². The summed E-state index contributed by atoms with van der Waals surface area (Å²) in [6, 6.07) is 0.694. The van der Waals surface area contributed by atoms with Gasteiger partial charge in [0.25, 0.3) is 0 Å². The number of alkyl halides is 3. The maximum absolute atomic E-state index is 13.0. The van der Waals surface area contributed by atoms with Crippen molar-refractivity contribution in [3.63, 3.8) is 0 Å². The van der Waals surface area contributed by atoms with Crippen LogP contribution in [0, 0.1) is 5.82 Å². The number of hydrogen-bond donors (Lipinski definition) is 1. The normalized spacial score (nSPS) is 12.5. The summed E-state index contributed by atoms with van der Waals surface area (Å²) in [5.74, 6) is -1.61. The van der Waals surface area contributed by atoms with Crippen LogP contribution in [0.5, 0.6) is 0 Å². The molecule has 0 bridgehead atoms. The van der Waals surface area contributed by atoms with E-state index >= 15 is 0 Å². The topological polar surface area (TPSA) is 52.3 Å². The molecule has 0 aromatic heterocycles. The minimum absolute atomic E-state index is 0. The first-order valence-corrected chi connectivity index (χ1v) is 4.94. The van der Waals surface area contributed by atoms with Gasteiger partial charge in [0, 0.05) is 6.04 Å². The zero-order valence-electron chi connectivity index (χ0n) is 9.83. The monoisotopic (exact) mass is 301 g/mol. The molecule has 1 aromatic carbocycles. The van der Waals surface area contributed by atoms with E-state index in [1.807, 2.05) is 0 Å². The third-order valence-electron chi connectivity index (χ3n) is 2.33. The predicted molar refractivity (Wildman–Crippen MR) is 62.2 cm³/mol. The standard InChI is InChI=1S/C11H11F4NO2.ClH/c1-18-10(17)5-9(16)7-4-6(12)2-3-8(7)11(13,14)15;/h2-4,9H,5,16H2,1H3;1H/t9-;/m0./s1. The molecule has 0 aliphatic heterocycles. The van der Waals surface area contributed by atoms with Crippen LogP contribution in [0.2, 0.25) is 0 Å². The van der Waals surface area contributed by atoms with Crippen molar-refractivity contribution in [2.45, 2.75) is 18.6 Å². The molecule has 108 valence electrons. The highest BCUT2D eigenvalue weighted by Crippen LogP contribution is 2.35. The van der Waals surface area contributed by atoms with Crippen molar-refractivity contribution in [2.24, 2.45) is 5.73 Å². The molecular formula is C11H12ClF4NO2. The number of carbonyl (C=O) groups excluding carboxylic acids is 1. The van der Waals surface area contributed by atoms with Crippen LogP contribution >= 0.6 is 12.4 Å². The molecule has 0 unspecified atom stereocenters. The summed E-state index contributed by atoms with van der Waals surface area (Å²) in [6.07, 6.45) is -5.11. The molecule has 0 spiro atoms. The number of nitrogens with two attached hydrogens (primary N) is 1. The molecule has 3 nitrogen and oxygen atoms in total. The van der Waals surface area contributed by atoms with Crippen molar-refractivity contribution in [1.82, 2.24) is 0 Å². The number of benzene rings is 1. The fourth-order valence-corrected chi connectivity index (χ4v) is 1.47. The lowest BCUT2D eigenvalue weighted by Gasteiger charge is -2.17. The molecule has 8 heteroatoms. The van der Waals surface area contributed by atoms with Gasteiger partial charge in [0.05, 0.1) is 19.1 Å². The Morgan fingerprint density at radius 1 is 1.42 bits per heavy atom. The zero-order valence-corrected chi connectivity index (χ0v) is 10.6. The number of carbonyl (C=O) groups is 1. The van der Waals surface area contributed by atoms with Gasteiger partial charge in [0.1, 0.15) is 5.82 Å². The first-order chi connectivity index (χ1) is 8.25. The van der Waals surface area contributed by atoms with Crippen molar-refractivity contribution in [3.8, 4) is 0 Å². The maximum atomic E-state index is 13.0. The number of hydrogen-bond acceptors (Lipinski definition) is 3. The fraction of sp³-hybridized carbons (Fsp3) is 0.364. The van der Waals surface area contributed by atoms with E-state index in [1.54, 1.807) is 0 Å². The highest BCUT2D eigenvalue weighted by Gasteiger charge is 2.35. The van der Waals surface area contributed by atoms with Crippen LogP contribution in [0.3, 0.4) is 0 Å². The third-order valence-corrected chi connectivity index (χ3v) is 2.33.